The second-order valence-electron chi connectivity index (χ2n) is 2.25. The molecule has 3 heteroatoms. The molecule has 0 aliphatic rings. The summed E-state index contributed by atoms with van der Waals surface area (Å²) in [7, 11) is 0. The Balaban J connectivity index is 2.54. The molecule has 1 aromatic rings. The molecule has 1 aromatic carbocycles. The molecular weight excluding hydrogens is 152 g/mol. The number of carbonyl (C=O) groups excluding carboxylic acids is 1. The van der Waals surface area contributed by atoms with E-state index in [1.165, 1.54) is 0 Å². The van der Waals surface area contributed by atoms with Gasteiger partial charge >= 0.3 is 0 Å². The molecule has 0 unspecified atom stereocenters. The minimum atomic E-state index is -0.131. The summed E-state index contributed by atoms with van der Waals surface area (Å²) in [6.07, 6.45) is 0. The van der Waals surface area contributed by atoms with Gasteiger partial charge in [0.05, 0.1) is 0 Å². The van der Waals surface area contributed by atoms with E-state index in [2.05, 4.69) is 10.9 Å². The van der Waals surface area contributed by atoms with Crippen molar-refractivity contribution in [2.75, 3.05) is 0 Å². The molecule has 0 saturated carbocycles. The monoisotopic (exact) mass is 163 g/mol. The van der Waals surface area contributed by atoms with Gasteiger partial charge < -0.3 is 0 Å². The van der Waals surface area contributed by atoms with Gasteiger partial charge in [-0.2, -0.15) is 0 Å². The van der Waals surface area contributed by atoms with Crippen molar-refractivity contribution in [3.05, 3.63) is 42.4 Å². The zero-order valence-corrected chi connectivity index (χ0v) is 6.87. The number of hydrazine groups is 1. The summed E-state index contributed by atoms with van der Waals surface area (Å²) in [6.45, 7) is 3.45. The summed E-state index contributed by atoms with van der Waals surface area (Å²) in [5.74, 6) is -0.131. The summed E-state index contributed by atoms with van der Waals surface area (Å²) < 4.78 is 0. The summed E-state index contributed by atoms with van der Waals surface area (Å²) in [5.41, 5.74) is 5.77. The number of amides is 1. The van der Waals surface area contributed by atoms with E-state index in [9.17, 15) is 4.79 Å². The molecule has 0 aliphatic carbocycles. The van der Waals surface area contributed by atoms with Crippen LogP contribution in [0.1, 0.15) is 17.3 Å². The number of carbonyl (C=O) groups is 1. The molecule has 12 heavy (non-hydrogen) atoms. The molecule has 2 N–H and O–H groups in total. The topological polar surface area (TPSA) is 41.1 Å². The van der Waals surface area contributed by atoms with Gasteiger partial charge in [0.15, 0.2) is 0 Å². The van der Waals surface area contributed by atoms with Gasteiger partial charge in [0.2, 0.25) is 0 Å². The van der Waals surface area contributed by atoms with E-state index in [-0.39, 0.29) is 5.91 Å². The number of nitrogens with one attached hydrogen (secondary N) is 2. The third-order valence-electron chi connectivity index (χ3n) is 1.37. The van der Waals surface area contributed by atoms with Crippen molar-refractivity contribution < 1.29 is 4.79 Å². The molecule has 0 fully saturated rings. The van der Waals surface area contributed by atoms with E-state index in [0.717, 1.165) is 0 Å². The third-order valence-corrected chi connectivity index (χ3v) is 1.37. The van der Waals surface area contributed by atoms with E-state index in [1.54, 1.807) is 25.6 Å². The van der Waals surface area contributed by atoms with Crippen molar-refractivity contribution in [2.24, 2.45) is 0 Å². The SMILES string of the molecule is C[CH]NNC(=O)c1ccccc1. The van der Waals surface area contributed by atoms with E-state index in [1.807, 2.05) is 18.2 Å². The van der Waals surface area contributed by atoms with Crippen LogP contribution >= 0.6 is 0 Å². The minimum absolute atomic E-state index is 0.131. The fourth-order valence-corrected chi connectivity index (χ4v) is 0.799. The van der Waals surface area contributed by atoms with Crippen LogP contribution in [0.25, 0.3) is 0 Å². The molecule has 1 rings (SSSR count). The lowest BCUT2D eigenvalue weighted by molar-refractivity contribution is 0.0938. The Morgan fingerprint density at radius 2 is 2.00 bits per heavy atom. The molecule has 0 atom stereocenters. The number of hydrogen-bond donors (Lipinski definition) is 2. The standard InChI is InChI=1S/C9H11N2O/c1-2-10-11-9(12)8-6-4-3-5-7-8/h2-7,10H,1H3,(H,11,12). The van der Waals surface area contributed by atoms with Crippen molar-refractivity contribution in [1.82, 2.24) is 10.9 Å². The quantitative estimate of drug-likeness (QED) is 0.655. The molecule has 3 nitrogen and oxygen atoms in total. The summed E-state index contributed by atoms with van der Waals surface area (Å²) in [6, 6.07) is 9.03. The van der Waals surface area contributed by atoms with Crippen LogP contribution in [0.4, 0.5) is 0 Å². The summed E-state index contributed by atoms with van der Waals surface area (Å²) in [4.78, 5) is 11.2. The number of rotatable bonds is 3. The van der Waals surface area contributed by atoms with Crippen LogP contribution in [-0.4, -0.2) is 5.91 Å². The smallest absolute Gasteiger partial charge is 0.265 e. The molecule has 1 radical (unpaired) electrons. The van der Waals surface area contributed by atoms with Crippen molar-refractivity contribution in [2.45, 2.75) is 6.92 Å². The van der Waals surface area contributed by atoms with Crippen molar-refractivity contribution in [1.29, 1.82) is 0 Å². The summed E-state index contributed by atoms with van der Waals surface area (Å²) in [5, 5.41) is 0. The van der Waals surface area contributed by atoms with Gasteiger partial charge in [-0.1, -0.05) is 18.2 Å². The highest BCUT2D eigenvalue weighted by Gasteiger charge is 2.00. The lowest BCUT2D eigenvalue weighted by Gasteiger charge is -2.03. The third kappa shape index (κ3) is 2.36. The Morgan fingerprint density at radius 1 is 1.33 bits per heavy atom. The van der Waals surface area contributed by atoms with E-state index in [4.69, 9.17) is 0 Å². The first-order chi connectivity index (χ1) is 5.84. The number of hydrogen-bond acceptors (Lipinski definition) is 2. The van der Waals surface area contributed by atoms with Crippen LogP contribution in [0, 0.1) is 6.54 Å². The normalized spacial score (nSPS) is 9.42. The second kappa shape index (κ2) is 4.51. The number of benzene rings is 1. The van der Waals surface area contributed by atoms with Gasteiger partial charge in [0, 0.05) is 12.1 Å². The van der Waals surface area contributed by atoms with Gasteiger partial charge in [-0.05, 0) is 19.1 Å². The Hall–Kier alpha value is -1.35. The fraction of sp³-hybridized carbons (Fsp3) is 0.111. The van der Waals surface area contributed by atoms with Crippen molar-refractivity contribution >= 4 is 5.91 Å². The van der Waals surface area contributed by atoms with Crippen molar-refractivity contribution in [3.63, 3.8) is 0 Å². The van der Waals surface area contributed by atoms with Gasteiger partial charge in [-0.3, -0.25) is 10.2 Å². The highest BCUT2D eigenvalue weighted by molar-refractivity contribution is 5.93. The predicted molar refractivity (Wildman–Crippen MR) is 47.0 cm³/mol. The average molecular weight is 163 g/mol. The van der Waals surface area contributed by atoms with E-state index >= 15 is 0 Å². The molecule has 63 valence electrons. The lowest BCUT2D eigenvalue weighted by atomic mass is 10.2. The largest absolute Gasteiger partial charge is 0.287 e. The zero-order chi connectivity index (χ0) is 8.81. The Kier molecular flexibility index (Phi) is 3.29. The first kappa shape index (κ1) is 8.74. The molecule has 1 amide bonds. The highest BCUT2D eigenvalue weighted by Crippen LogP contribution is 1.96. The maximum Gasteiger partial charge on any atom is 0.265 e. The first-order valence-electron chi connectivity index (χ1n) is 3.73. The molecular formula is C9H11N2O. The van der Waals surface area contributed by atoms with Gasteiger partial charge in [-0.15, -0.1) is 0 Å². The van der Waals surface area contributed by atoms with Gasteiger partial charge in [0.25, 0.3) is 5.91 Å². The molecule has 0 aliphatic heterocycles. The van der Waals surface area contributed by atoms with Gasteiger partial charge in [-0.25, -0.2) is 5.43 Å². The van der Waals surface area contributed by atoms with Crippen molar-refractivity contribution in [3.8, 4) is 0 Å². The van der Waals surface area contributed by atoms with Crippen LogP contribution in [0.3, 0.4) is 0 Å². The maximum absolute atomic E-state index is 11.2. The second-order valence-corrected chi connectivity index (χ2v) is 2.25. The van der Waals surface area contributed by atoms with Crippen LogP contribution in [0.15, 0.2) is 30.3 Å². The molecule has 0 heterocycles. The lowest BCUT2D eigenvalue weighted by Crippen LogP contribution is -2.34. The Bertz CT molecular complexity index is 246. The van der Waals surface area contributed by atoms with E-state index < -0.39 is 0 Å². The fourth-order valence-electron chi connectivity index (χ4n) is 0.799. The predicted octanol–water partition coefficient (Wildman–Crippen LogP) is 1.10. The zero-order valence-electron chi connectivity index (χ0n) is 6.87. The maximum atomic E-state index is 11.2. The first-order valence-corrected chi connectivity index (χ1v) is 3.73. The van der Waals surface area contributed by atoms with Gasteiger partial charge in [0.1, 0.15) is 0 Å². The molecule has 0 bridgehead atoms. The summed E-state index contributed by atoms with van der Waals surface area (Å²) >= 11 is 0. The molecule has 0 spiro atoms. The minimum Gasteiger partial charge on any atom is -0.287 e. The highest BCUT2D eigenvalue weighted by atomic mass is 16.2. The van der Waals surface area contributed by atoms with E-state index in [0.29, 0.717) is 5.56 Å². The average Bonchev–Trinajstić information content (AvgIpc) is 2.15. The van der Waals surface area contributed by atoms with Crippen LogP contribution in [-0.2, 0) is 0 Å². The Morgan fingerprint density at radius 3 is 2.58 bits per heavy atom. The molecule has 0 saturated heterocycles. The van der Waals surface area contributed by atoms with Crippen LogP contribution in [0.2, 0.25) is 0 Å². The van der Waals surface area contributed by atoms with Crippen LogP contribution < -0.4 is 10.9 Å². The Labute approximate surface area is 71.8 Å². The molecule has 0 aromatic heterocycles. The van der Waals surface area contributed by atoms with Crippen LogP contribution in [0.5, 0.6) is 0 Å².